The summed E-state index contributed by atoms with van der Waals surface area (Å²) >= 11 is 2.99. The van der Waals surface area contributed by atoms with E-state index in [1.54, 1.807) is 11.3 Å². The van der Waals surface area contributed by atoms with Gasteiger partial charge in [0.05, 0.1) is 11.4 Å². The number of aliphatic hydroxyl groups is 1. The molecule has 2 heterocycles. The van der Waals surface area contributed by atoms with Gasteiger partial charge in [-0.1, -0.05) is 11.8 Å². The minimum atomic E-state index is -0.157. The van der Waals surface area contributed by atoms with Gasteiger partial charge in [0, 0.05) is 10.4 Å². The maximum atomic E-state index is 12.0. The van der Waals surface area contributed by atoms with E-state index in [1.807, 2.05) is 29.8 Å². The first-order valence-electron chi connectivity index (χ1n) is 5.70. The first-order chi connectivity index (χ1) is 9.22. The summed E-state index contributed by atoms with van der Waals surface area (Å²) in [5, 5.41) is 15.4. The lowest BCUT2D eigenvalue weighted by Gasteiger charge is -2.03. The maximum absolute atomic E-state index is 12.0. The van der Waals surface area contributed by atoms with Gasteiger partial charge in [-0.05, 0) is 35.4 Å². The number of hydrogen-bond acceptors (Lipinski definition) is 4. The Balaban J connectivity index is 2.02. The molecule has 0 unspecified atom stereocenters. The van der Waals surface area contributed by atoms with Crippen LogP contribution in [0.1, 0.15) is 25.7 Å². The molecule has 0 bridgehead atoms. The molecule has 0 aliphatic carbocycles. The van der Waals surface area contributed by atoms with Gasteiger partial charge in [-0.2, -0.15) is 0 Å². The fraction of sp³-hybridized carbons (Fsp3) is 0.214. The molecule has 0 spiro atoms. The third kappa shape index (κ3) is 3.44. The van der Waals surface area contributed by atoms with Gasteiger partial charge >= 0.3 is 0 Å². The van der Waals surface area contributed by atoms with Crippen molar-refractivity contribution in [1.29, 1.82) is 0 Å². The number of rotatable bonds is 3. The first-order valence-corrected chi connectivity index (χ1v) is 7.46. The van der Waals surface area contributed by atoms with Crippen molar-refractivity contribution in [3.05, 3.63) is 43.8 Å². The molecule has 0 fully saturated rings. The lowest BCUT2D eigenvalue weighted by molar-refractivity contribution is 0.0955. The minimum absolute atomic E-state index is 0.0537. The van der Waals surface area contributed by atoms with E-state index in [9.17, 15) is 4.79 Å². The predicted octanol–water partition coefficient (Wildman–Crippen LogP) is 2.39. The van der Waals surface area contributed by atoms with Crippen molar-refractivity contribution in [3.63, 3.8) is 0 Å². The summed E-state index contributed by atoms with van der Waals surface area (Å²) in [5.41, 5.74) is 1.86. The van der Waals surface area contributed by atoms with E-state index >= 15 is 0 Å². The number of amides is 1. The molecule has 2 aromatic heterocycles. The quantitative estimate of drug-likeness (QED) is 0.853. The third-order valence-corrected chi connectivity index (χ3v) is 4.46. The fourth-order valence-electron chi connectivity index (χ4n) is 1.57. The normalized spacial score (nSPS) is 9.79. The Labute approximate surface area is 119 Å². The molecule has 0 aliphatic heterocycles. The van der Waals surface area contributed by atoms with E-state index in [4.69, 9.17) is 5.11 Å². The molecule has 0 saturated heterocycles. The van der Waals surface area contributed by atoms with Crippen LogP contribution in [-0.4, -0.2) is 17.6 Å². The molecule has 19 heavy (non-hydrogen) atoms. The van der Waals surface area contributed by atoms with Crippen LogP contribution in [0.4, 0.5) is 0 Å². The first kappa shape index (κ1) is 13.8. The zero-order chi connectivity index (χ0) is 13.7. The summed E-state index contributed by atoms with van der Waals surface area (Å²) in [6, 6.07) is 3.83. The van der Waals surface area contributed by atoms with Gasteiger partial charge in [0.1, 0.15) is 6.61 Å². The molecule has 3 nitrogen and oxygen atoms in total. The standard InChI is InChI=1S/C14H13NO2S2/c1-10-4-7-19-13(10)14(17)15-9-12-11(3-2-6-16)5-8-18-12/h4-5,7-8,16H,6,9H2,1H3,(H,15,17). The van der Waals surface area contributed by atoms with Crippen LogP contribution < -0.4 is 5.32 Å². The van der Waals surface area contributed by atoms with Crippen LogP contribution in [0, 0.1) is 18.8 Å². The van der Waals surface area contributed by atoms with Gasteiger partial charge in [-0.25, -0.2) is 0 Å². The smallest absolute Gasteiger partial charge is 0.261 e. The van der Waals surface area contributed by atoms with Crippen molar-refractivity contribution in [2.45, 2.75) is 13.5 Å². The Morgan fingerprint density at radius 1 is 1.37 bits per heavy atom. The van der Waals surface area contributed by atoms with Gasteiger partial charge in [0.25, 0.3) is 5.91 Å². The average molecular weight is 291 g/mol. The molecular formula is C14H13NO2S2. The largest absolute Gasteiger partial charge is 0.384 e. The third-order valence-electron chi connectivity index (χ3n) is 2.53. The Bertz CT molecular complexity index is 631. The van der Waals surface area contributed by atoms with Crippen molar-refractivity contribution >= 4 is 28.6 Å². The molecule has 98 valence electrons. The van der Waals surface area contributed by atoms with Crippen LogP contribution in [-0.2, 0) is 6.54 Å². The van der Waals surface area contributed by atoms with Gasteiger partial charge in [-0.15, -0.1) is 22.7 Å². The maximum Gasteiger partial charge on any atom is 0.261 e. The lowest BCUT2D eigenvalue weighted by Crippen LogP contribution is -2.22. The molecule has 1 amide bonds. The molecule has 2 rings (SSSR count). The van der Waals surface area contributed by atoms with E-state index in [0.29, 0.717) is 6.54 Å². The van der Waals surface area contributed by atoms with Crippen LogP contribution >= 0.6 is 22.7 Å². The van der Waals surface area contributed by atoms with E-state index in [0.717, 1.165) is 20.9 Å². The molecule has 0 saturated carbocycles. The number of carbonyl (C=O) groups is 1. The summed E-state index contributed by atoms with van der Waals surface area (Å²) in [5.74, 6) is 5.44. The summed E-state index contributed by atoms with van der Waals surface area (Å²) in [4.78, 5) is 13.7. The SMILES string of the molecule is Cc1ccsc1C(=O)NCc1sccc1C#CCO. The Hall–Kier alpha value is -1.61. The number of aliphatic hydroxyl groups excluding tert-OH is 1. The van der Waals surface area contributed by atoms with Crippen molar-refractivity contribution in [2.75, 3.05) is 6.61 Å². The molecule has 0 atom stereocenters. The summed E-state index contributed by atoms with van der Waals surface area (Å²) < 4.78 is 0. The van der Waals surface area contributed by atoms with Crippen LogP contribution in [0.25, 0.3) is 0 Å². The monoisotopic (exact) mass is 291 g/mol. The summed E-state index contributed by atoms with van der Waals surface area (Å²) in [7, 11) is 0. The number of nitrogens with one attached hydrogen (secondary N) is 1. The van der Waals surface area contributed by atoms with Crippen LogP contribution in [0.15, 0.2) is 22.9 Å². The highest BCUT2D eigenvalue weighted by molar-refractivity contribution is 7.12. The highest BCUT2D eigenvalue weighted by atomic mass is 32.1. The summed E-state index contributed by atoms with van der Waals surface area (Å²) in [6.45, 7) is 2.23. The van der Waals surface area contributed by atoms with Gasteiger partial charge in [-0.3, -0.25) is 4.79 Å². The van der Waals surface area contributed by atoms with Gasteiger partial charge in [0.2, 0.25) is 0 Å². The van der Waals surface area contributed by atoms with Crippen molar-refractivity contribution < 1.29 is 9.90 Å². The van der Waals surface area contributed by atoms with Gasteiger partial charge < -0.3 is 10.4 Å². The Kier molecular flexibility index (Phi) is 4.74. The number of thiophene rings is 2. The minimum Gasteiger partial charge on any atom is -0.384 e. The van der Waals surface area contributed by atoms with Crippen LogP contribution in [0.3, 0.4) is 0 Å². The molecule has 5 heteroatoms. The van der Waals surface area contributed by atoms with E-state index in [1.165, 1.54) is 11.3 Å². The molecule has 2 aromatic rings. The van der Waals surface area contributed by atoms with E-state index in [2.05, 4.69) is 17.2 Å². The molecular weight excluding hydrogens is 278 g/mol. The molecule has 0 radical (unpaired) electrons. The van der Waals surface area contributed by atoms with Gasteiger partial charge in [0.15, 0.2) is 0 Å². The predicted molar refractivity (Wildman–Crippen MR) is 78.5 cm³/mol. The Morgan fingerprint density at radius 3 is 2.84 bits per heavy atom. The zero-order valence-electron chi connectivity index (χ0n) is 10.4. The van der Waals surface area contributed by atoms with Crippen molar-refractivity contribution in [3.8, 4) is 11.8 Å². The summed E-state index contributed by atoms with van der Waals surface area (Å²) in [6.07, 6.45) is 0. The van der Waals surface area contributed by atoms with Crippen LogP contribution in [0.2, 0.25) is 0 Å². The van der Waals surface area contributed by atoms with Crippen molar-refractivity contribution in [2.24, 2.45) is 0 Å². The molecule has 0 aliphatic rings. The molecule has 0 aromatic carbocycles. The van der Waals surface area contributed by atoms with E-state index in [-0.39, 0.29) is 12.5 Å². The lowest BCUT2D eigenvalue weighted by atomic mass is 10.2. The van der Waals surface area contributed by atoms with Crippen LogP contribution in [0.5, 0.6) is 0 Å². The number of carbonyl (C=O) groups excluding carboxylic acids is 1. The second-order valence-corrected chi connectivity index (χ2v) is 5.75. The number of aryl methyl sites for hydroxylation is 1. The zero-order valence-corrected chi connectivity index (χ0v) is 12.0. The molecule has 2 N–H and O–H groups in total. The second kappa shape index (κ2) is 6.53. The van der Waals surface area contributed by atoms with Crippen molar-refractivity contribution in [1.82, 2.24) is 5.32 Å². The highest BCUT2D eigenvalue weighted by Crippen LogP contribution is 2.18. The Morgan fingerprint density at radius 2 is 2.16 bits per heavy atom. The topological polar surface area (TPSA) is 49.3 Å². The van der Waals surface area contributed by atoms with E-state index < -0.39 is 0 Å². The average Bonchev–Trinajstić information content (AvgIpc) is 3.02. The second-order valence-electron chi connectivity index (χ2n) is 3.83. The fourth-order valence-corrected chi connectivity index (χ4v) is 3.18. The number of hydrogen-bond donors (Lipinski definition) is 2. The highest BCUT2D eigenvalue weighted by Gasteiger charge is 2.11.